The van der Waals surface area contributed by atoms with Crippen LogP contribution in [-0.4, -0.2) is 15.6 Å². The molecule has 0 bridgehead atoms. The smallest absolute Gasteiger partial charge is 0.123 e. The van der Waals surface area contributed by atoms with Crippen LogP contribution in [-0.2, 0) is 13.6 Å². The van der Waals surface area contributed by atoms with Crippen molar-refractivity contribution >= 4 is 11.0 Å². The Morgan fingerprint density at radius 1 is 1.18 bits per heavy atom. The Kier molecular flexibility index (Phi) is 4.26. The van der Waals surface area contributed by atoms with Crippen molar-refractivity contribution < 1.29 is 0 Å². The summed E-state index contributed by atoms with van der Waals surface area (Å²) in [4.78, 5) is 4.78. The van der Waals surface area contributed by atoms with Gasteiger partial charge < -0.3 is 9.88 Å². The lowest BCUT2D eigenvalue weighted by Crippen LogP contribution is -2.44. The number of nitrogens with one attached hydrogen (secondary N) is 1. The summed E-state index contributed by atoms with van der Waals surface area (Å²) in [6.07, 6.45) is 5.38. The van der Waals surface area contributed by atoms with Crippen molar-refractivity contribution in [1.29, 1.82) is 0 Å². The second-order valence-electron chi connectivity index (χ2n) is 7.82. The van der Waals surface area contributed by atoms with Gasteiger partial charge in [0.2, 0.25) is 0 Å². The van der Waals surface area contributed by atoms with E-state index in [0.29, 0.717) is 11.5 Å². The summed E-state index contributed by atoms with van der Waals surface area (Å²) in [5.41, 5.74) is 2.69. The first-order chi connectivity index (χ1) is 10.5. The summed E-state index contributed by atoms with van der Waals surface area (Å²) < 4.78 is 2.22. The average molecular weight is 299 g/mol. The quantitative estimate of drug-likeness (QED) is 0.917. The van der Waals surface area contributed by atoms with Crippen molar-refractivity contribution in [2.75, 3.05) is 0 Å². The van der Waals surface area contributed by atoms with Gasteiger partial charge in [0.1, 0.15) is 5.82 Å². The zero-order valence-electron chi connectivity index (χ0n) is 14.4. The fraction of sp³-hybridized carbons (Fsp3) is 0.632. The summed E-state index contributed by atoms with van der Waals surface area (Å²) in [7, 11) is 2.12. The first kappa shape index (κ1) is 15.5. The lowest BCUT2D eigenvalue weighted by molar-refractivity contribution is 0.129. The summed E-state index contributed by atoms with van der Waals surface area (Å²) in [6, 6.07) is 9.00. The molecule has 2 atom stereocenters. The molecule has 3 heteroatoms. The van der Waals surface area contributed by atoms with Crippen LogP contribution in [0, 0.1) is 11.3 Å². The van der Waals surface area contributed by atoms with Gasteiger partial charge in [0.15, 0.2) is 0 Å². The number of imidazole rings is 1. The van der Waals surface area contributed by atoms with Crippen LogP contribution >= 0.6 is 0 Å². The fourth-order valence-electron chi connectivity index (χ4n) is 3.99. The molecule has 1 aromatic heterocycles. The molecule has 0 radical (unpaired) electrons. The molecule has 0 saturated heterocycles. The standard InChI is InChI=1S/C19H29N3/c1-19(2,3)14-9-5-6-10-15(14)20-13-18-21-16-11-7-8-12-17(16)22(18)4/h7-8,11-12,14-15,20H,5-6,9-10,13H2,1-4H3. The van der Waals surface area contributed by atoms with Crippen LogP contribution in [0.15, 0.2) is 24.3 Å². The molecule has 0 spiro atoms. The van der Waals surface area contributed by atoms with Crippen LogP contribution in [0.1, 0.15) is 52.3 Å². The van der Waals surface area contributed by atoms with Crippen molar-refractivity contribution in [3.8, 4) is 0 Å². The molecule has 1 aliphatic rings. The minimum absolute atomic E-state index is 0.379. The normalized spacial score (nSPS) is 23.1. The number of rotatable bonds is 3. The van der Waals surface area contributed by atoms with Gasteiger partial charge in [-0.2, -0.15) is 0 Å². The number of benzene rings is 1. The summed E-state index contributed by atoms with van der Waals surface area (Å²) in [5, 5.41) is 3.81. The van der Waals surface area contributed by atoms with Crippen molar-refractivity contribution in [3.63, 3.8) is 0 Å². The van der Waals surface area contributed by atoms with Gasteiger partial charge in [-0.15, -0.1) is 0 Å². The number of para-hydroxylation sites is 2. The Balaban J connectivity index is 1.74. The molecule has 1 aliphatic carbocycles. The molecule has 0 amide bonds. The van der Waals surface area contributed by atoms with E-state index in [1.165, 1.54) is 31.2 Å². The highest BCUT2D eigenvalue weighted by molar-refractivity contribution is 5.75. The van der Waals surface area contributed by atoms with Crippen molar-refractivity contribution in [2.45, 2.75) is 59.0 Å². The molecule has 1 aromatic carbocycles. The maximum atomic E-state index is 4.78. The lowest BCUT2D eigenvalue weighted by atomic mass is 9.69. The third-order valence-electron chi connectivity index (χ3n) is 5.28. The van der Waals surface area contributed by atoms with Gasteiger partial charge >= 0.3 is 0 Å². The van der Waals surface area contributed by atoms with Crippen molar-refractivity contribution in [2.24, 2.45) is 18.4 Å². The molecule has 2 aromatic rings. The predicted molar refractivity (Wildman–Crippen MR) is 92.8 cm³/mol. The van der Waals surface area contributed by atoms with Gasteiger partial charge in [0.05, 0.1) is 17.6 Å². The third kappa shape index (κ3) is 3.05. The van der Waals surface area contributed by atoms with E-state index >= 15 is 0 Å². The number of aryl methyl sites for hydroxylation is 1. The van der Waals surface area contributed by atoms with E-state index in [0.717, 1.165) is 23.8 Å². The molecule has 120 valence electrons. The van der Waals surface area contributed by atoms with Gasteiger partial charge in [-0.25, -0.2) is 4.98 Å². The molecule has 3 nitrogen and oxygen atoms in total. The lowest BCUT2D eigenvalue weighted by Gasteiger charge is -2.41. The average Bonchev–Trinajstić information content (AvgIpc) is 2.81. The minimum Gasteiger partial charge on any atom is -0.330 e. The Morgan fingerprint density at radius 3 is 2.64 bits per heavy atom. The second kappa shape index (κ2) is 6.04. The van der Waals surface area contributed by atoms with Crippen molar-refractivity contribution in [3.05, 3.63) is 30.1 Å². The largest absolute Gasteiger partial charge is 0.330 e. The topological polar surface area (TPSA) is 29.9 Å². The predicted octanol–water partition coefficient (Wildman–Crippen LogP) is 4.27. The second-order valence-corrected chi connectivity index (χ2v) is 7.82. The summed E-state index contributed by atoms with van der Waals surface area (Å²) in [5.74, 6) is 1.90. The van der Waals surface area contributed by atoms with Gasteiger partial charge in [-0.1, -0.05) is 45.7 Å². The van der Waals surface area contributed by atoms with Gasteiger partial charge in [0, 0.05) is 13.1 Å². The number of fused-ring (bicyclic) bond motifs is 1. The van der Waals surface area contributed by atoms with E-state index in [-0.39, 0.29) is 0 Å². The highest BCUT2D eigenvalue weighted by atomic mass is 15.1. The van der Waals surface area contributed by atoms with Crippen LogP contribution in [0.2, 0.25) is 0 Å². The fourth-order valence-corrected chi connectivity index (χ4v) is 3.99. The molecular weight excluding hydrogens is 270 g/mol. The minimum atomic E-state index is 0.379. The van der Waals surface area contributed by atoms with E-state index in [2.05, 4.69) is 62.0 Å². The highest BCUT2D eigenvalue weighted by Gasteiger charge is 2.33. The van der Waals surface area contributed by atoms with E-state index in [1.54, 1.807) is 0 Å². The van der Waals surface area contributed by atoms with Crippen LogP contribution in [0.4, 0.5) is 0 Å². The molecule has 1 heterocycles. The molecule has 1 N–H and O–H groups in total. The highest BCUT2D eigenvalue weighted by Crippen LogP contribution is 2.38. The molecule has 22 heavy (non-hydrogen) atoms. The zero-order valence-corrected chi connectivity index (χ0v) is 14.4. The Hall–Kier alpha value is -1.35. The monoisotopic (exact) mass is 299 g/mol. The van der Waals surface area contributed by atoms with Crippen LogP contribution < -0.4 is 5.32 Å². The number of aromatic nitrogens is 2. The Bertz CT molecular complexity index is 636. The number of nitrogens with zero attached hydrogens (tertiary/aromatic N) is 2. The van der Waals surface area contributed by atoms with Crippen molar-refractivity contribution in [1.82, 2.24) is 14.9 Å². The van der Waals surface area contributed by atoms with E-state index in [4.69, 9.17) is 4.98 Å². The SMILES string of the molecule is Cn1c(CNC2CCCCC2C(C)(C)C)nc2ccccc21. The van der Waals surface area contributed by atoms with E-state index < -0.39 is 0 Å². The molecule has 1 saturated carbocycles. The van der Waals surface area contributed by atoms with Crippen LogP contribution in [0.5, 0.6) is 0 Å². The third-order valence-corrected chi connectivity index (χ3v) is 5.28. The number of hydrogen-bond donors (Lipinski definition) is 1. The molecule has 1 fully saturated rings. The van der Waals surface area contributed by atoms with Gasteiger partial charge in [0.25, 0.3) is 0 Å². The maximum Gasteiger partial charge on any atom is 0.123 e. The summed E-state index contributed by atoms with van der Waals surface area (Å²) in [6.45, 7) is 8.01. The van der Waals surface area contributed by atoms with E-state index in [9.17, 15) is 0 Å². The Labute approximate surface area is 134 Å². The number of hydrogen-bond acceptors (Lipinski definition) is 2. The molecule has 3 rings (SSSR count). The van der Waals surface area contributed by atoms with E-state index in [1.807, 2.05) is 0 Å². The molecule has 0 aliphatic heterocycles. The van der Waals surface area contributed by atoms with Gasteiger partial charge in [-0.3, -0.25) is 0 Å². The van der Waals surface area contributed by atoms with Gasteiger partial charge in [-0.05, 0) is 36.3 Å². The first-order valence-corrected chi connectivity index (χ1v) is 8.60. The molecule has 2 unspecified atom stereocenters. The van der Waals surface area contributed by atoms with Crippen LogP contribution in [0.3, 0.4) is 0 Å². The summed E-state index contributed by atoms with van der Waals surface area (Å²) >= 11 is 0. The van der Waals surface area contributed by atoms with Crippen LogP contribution in [0.25, 0.3) is 11.0 Å². The molecular formula is C19H29N3. The maximum absolute atomic E-state index is 4.78. The Morgan fingerprint density at radius 2 is 1.91 bits per heavy atom. The first-order valence-electron chi connectivity index (χ1n) is 8.60. The zero-order chi connectivity index (χ0) is 15.7.